The minimum absolute atomic E-state index is 0.174. The van der Waals surface area contributed by atoms with E-state index in [4.69, 9.17) is 0 Å². The fraction of sp³-hybridized carbons (Fsp3) is 0.632. The quantitative estimate of drug-likeness (QED) is 0.698. The Labute approximate surface area is 149 Å². The lowest BCUT2D eigenvalue weighted by Gasteiger charge is -2.32. The van der Waals surface area contributed by atoms with Crippen LogP contribution in [0.1, 0.15) is 49.9 Å². The van der Waals surface area contributed by atoms with E-state index < -0.39 is 0 Å². The van der Waals surface area contributed by atoms with Gasteiger partial charge in [0.05, 0.1) is 0 Å². The molecular weight excluding hydrogens is 352 g/mol. The molecule has 3 nitrogen and oxygen atoms in total. The molecule has 0 atom stereocenters. The lowest BCUT2D eigenvalue weighted by atomic mass is 9.92. The molecule has 2 rings (SSSR count). The number of hydrogen-bond acceptors (Lipinski definition) is 2. The van der Waals surface area contributed by atoms with Crippen LogP contribution in [0.2, 0.25) is 0 Å². The number of piperidine rings is 1. The van der Waals surface area contributed by atoms with E-state index in [1.165, 1.54) is 19.4 Å². The average Bonchev–Trinajstić information content (AvgIpc) is 2.59. The van der Waals surface area contributed by atoms with E-state index >= 15 is 0 Å². The van der Waals surface area contributed by atoms with Crippen LogP contribution in [0.15, 0.2) is 28.7 Å². The van der Waals surface area contributed by atoms with Crippen molar-refractivity contribution in [2.75, 3.05) is 32.7 Å². The van der Waals surface area contributed by atoms with Crippen molar-refractivity contribution in [3.05, 3.63) is 34.3 Å². The van der Waals surface area contributed by atoms with Crippen LogP contribution < -0.4 is 0 Å². The van der Waals surface area contributed by atoms with Crippen molar-refractivity contribution < 1.29 is 4.79 Å². The van der Waals surface area contributed by atoms with Crippen molar-refractivity contribution in [1.29, 1.82) is 0 Å². The molecule has 0 aromatic heterocycles. The summed E-state index contributed by atoms with van der Waals surface area (Å²) in [6.07, 6.45) is 4.89. The summed E-state index contributed by atoms with van der Waals surface area (Å²) in [5.41, 5.74) is 0.791. The molecule has 1 aromatic carbocycles. The Hall–Kier alpha value is -0.870. The highest BCUT2D eigenvalue weighted by Gasteiger charge is 2.23. The van der Waals surface area contributed by atoms with E-state index in [9.17, 15) is 4.79 Å². The Morgan fingerprint density at radius 2 is 1.96 bits per heavy atom. The summed E-state index contributed by atoms with van der Waals surface area (Å²) >= 11 is 3.44. The number of carbonyl (C=O) groups is 1. The summed E-state index contributed by atoms with van der Waals surface area (Å²) in [5.74, 6) is 0.963. The van der Waals surface area contributed by atoms with Crippen LogP contribution >= 0.6 is 15.9 Å². The van der Waals surface area contributed by atoms with E-state index in [0.717, 1.165) is 55.0 Å². The molecule has 0 saturated carbocycles. The third-order valence-corrected chi connectivity index (χ3v) is 5.45. The minimum Gasteiger partial charge on any atom is -0.339 e. The van der Waals surface area contributed by atoms with Gasteiger partial charge in [-0.3, -0.25) is 4.79 Å². The van der Waals surface area contributed by atoms with Crippen LogP contribution in [0.5, 0.6) is 0 Å². The van der Waals surface area contributed by atoms with Crippen molar-refractivity contribution in [1.82, 2.24) is 9.80 Å². The first-order valence-electron chi connectivity index (χ1n) is 8.91. The van der Waals surface area contributed by atoms with Gasteiger partial charge in [0.25, 0.3) is 5.91 Å². The summed E-state index contributed by atoms with van der Waals surface area (Å²) in [6, 6.07) is 7.71. The van der Waals surface area contributed by atoms with Crippen molar-refractivity contribution in [2.24, 2.45) is 5.92 Å². The van der Waals surface area contributed by atoms with Crippen LogP contribution in [-0.2, 0) is 0 Å². The summed E-state index contributed by atoms with van der Waals surface area (Å²) in [6.45, 7) is 9.78. The van der Waals surface area contributed by atoms with Gasteiger partial charge in [-0.05, 0) is 69.4 Å². The molecule has 0 spiro atoms. The third-order valence-electron chi connectivity index (χ3n) is 4.95. The Balaban J connectivity index is 1.74. The van der Waals surface area contributed by atoms with Crippen LogP contribution in [0, 0.1) is 5.92 Å². The third kappa shape index (κ3) is 5.61. The van der Waals surface area contributed by atoms with Gasteiger partial charge in [-0.15, -0.1) is 0 Å². The first-order valence-corrected chi connectivity index (χ1v) is 9.70. The normalized spacial score (nSPS) is 16.1. The lowest BCUT2D eigenvalue weighted by Crippen LogP contribution is -2.38. The molecule has 1 aliphatic rings. The maximum atomic E-state index is 12.5. The van der Waals surface area contributed by atoms with E-state index in [2.05, 4.69) is 34.7 Å². The molecule has 0 bridgehead atoms. The average molecular weight is 381 g/mol. The van der Waals surface area contributed by atoms with Gasteiger partial charge in [0, 0.05) is 23.1 Å². The molecule has 1 amide bonds. The summed E-state index contributed by atoms with van der Waals surface area (Å²) in [5, 5.41) is 0. The van der Waals surface area contributed by atoms with Gasteiger partial charge in [0.2, 0.25) is 0 Å². The van der Waals surface area contributed by atoms with Gasteiger partial charge < -0.3 is 9.80 Å². The SMILES string of the molecule is CCN(CC)CCCC1CCN(C(=O)c2cccc(Br)c2)CC1. The van der Waals surface area contributed by atoms with Crippen molar-refractivity contribution in [3.63, 3.8) is 0 Å². The highest BCUT2D eigenvalue weighted by atomic mass is 79.9. The van der Waals surface area contributed by atoms with Crippen molar-refractivity contribution >= 4 is 21.8 Å². The van der Waals surface area contributed by atoms with Gasteiger partial charge in [-0.1, -0.05) is 35.8 Å². The van der Waals surface area contributed by atoms with Gasteiger partial charge in [-0.25, -0.2) is 0 Å². The first kappa shape index (κ1) is 18.5. The number of benzene rings is 1. The molecule has 0 N–H and O–H groups in total. The van der Waals surface area contributed by atoms with Crippen LogP contribution in [0.3, 0.4) is 0 Å². The maximum absolute atomic E-state index is 12.5. The van der Waals surface area contributed by atoms with Gasteiger partial charge in [-0.2, -0.15) is 0 Å². The molecule has 1 heterocycles. The molecule has 4 heteroatoms. The Morgan fingerprint density at radius 1 is 1.26 bits per heavy atom. The van der Waals surface area contributed by atoms with E-state index in [1.807, 2.05) is 29.2 Å². The van der Waals surface area contributed by atoms with Crippen molar-refractivity contribution in [2.45, 2.75) is 39.5 Å². The Bertz CT molecular complexity index is 494. The zero-order chi connectivity index (χ0) is 16.7. The number of rotatable bonds is 7. The fourth-order valence-electron chi connectivity index (χ4n) is 3.37. The second-order valence-corrected chi connectivity index (χ2v) is 7.33. The second-order valence-electron chi connectivity index (χ2n) is 6.42. The Morgan fingerprint density at radius 3 is 2.57 bits per heavy atom. The smallest absolute Gasteiger partial charge is 0.253 e. The molecule has 0 radical (unpaired) electrons. The van der Waals surface area contributed by atoms with Crippen LogP contribution in [-0.4, -0.2) is 48.4 Å². The number of hydrogen-bond donors (Lipinski definition) is 0. The standard InChI is InChI=1S/C19H29BrN2O/c1-3-21(4-2)12-6-7-16-10-13-22(14-11-16)19(23)17-8-5-9-18(20)15-17/h5,8-9,15-16H,3-4,6-7,10-14H2,1-2H3. The van der Waals surface area contributed by atoms with Gasteiger partial charge in [0.1, 0.15) is 0 Å². The number of nitrogens with zero attached hydrogens (tertiary/aromatic N) is 2. The monoisotopic (exact) mass is 380 g/mol. The molecule has 0 unspecified atom stereocenters. The number of amides is 1. The van der Waals surface area contributed by atoms with Crippen LogP contribution in [0.4, 0.5) is 0 Å². The lowest BCUT2D eigenvalue weighted by molar-refractivity contribution is 0.0684. The maximum Gasteiger partial charge on any atom is 0.253 e. The molecule has 0 aliphatic carbocycles. The molecule has 128 valence electrons. The Kier molecular flexibility index (Phi) is 7.57. The fourth-order valence-corrected chi connectivity index (χ4v) is 3.77. The van der Waals surface area contributed by atoms with Gasteiger partial charge >= 0.3 is 0 Å². The summed E-state index contributed by atoms with van der Waals surface area (Å²) in [7, 11) is 0. The van der Waals surface area contributed by atoms with E-state index in [0.29, 0.717) is 0 Å². The number of likely N-dealkylation sites (tertiary alicyclic amines) is 1. The predicted molar refractivity (Wildman–Crippen MR) is 99.8 cm³/mol. The summed E-state index contributed by atoms with van der Waals surface area (Å²) in [4.78, 5) is 17.0. The molecule has 23 heavy (non-hydrogen) atoms. The van der Waals surface area contributed by atoms with E-state index in [1.54, 1.807) is 0 Å². The molecule has 1 saturated heterocycles. The topological polar surface area (TPSA) is 23.6 Å². The number of halogens is 1. The molecular formula is C19H29BrN2O. The second kappa shape index (κ2) is 9.43. The van der Waals surface area contributed by atoms with Gasteiger partial charge in [0.15, 0.2) is 0 Å². The molecule has 1 fully saturated rings. The van der Waals surface area contributed by atoms with Crippen LogP contribution in [0.25, 0.3) is 0 Å². The first-order chi connectivity index (χ1) is 11.1. The predicted octanol–water partition coefficient (Wildman–Crippen LogP) is 4.42. The highest BCUT2D eigenvalue weighted by molar-refractivity contribution is 9.10. The summed E-state index contributed by atoms with van der Waals surface area (Å²) < 4.78 is 0.967. The highest BCUT2D eigenvalue weighted by Crippen LogP contribution is 2.24. The van der Waals surface area contributed by atoms with Crippen molar-refractivity contribution in [3.8, 4) is 0 Å². The largest absolute Gasteiger partial charge is 0.339 e. The molecule has 1 aliphatic heterocycles. The zero-order valence-corrected chi connectivity index (χ0v) is 16.0. The zero-order valence-electron chi connectivity index (χ0n) is 14.4. The molecule has 1 aromatic rings. The number of carbonyl (C=O) groups excluding carboxylic acids is 1. The van der Waals surface area contributed by atoms with E-state index in [-0.39, 0.29) is 5.91 Å². The minimum atomic E-state index is 0.174.